The van der Waals surface area contributed by atoms with Gasteiger partial charge in [-0.1, -0.05) is 12.1 Å². The second-order valence-corrected chi connectivity index (χ2v) is 4.51. The maximum absolute atomic E-state index is 11.7. The fourth-order valence-electron chi connectivity index (χ4n) is 1.51. The number of hydrogen-bond donors (Lipinski definition) is 2. The second-order valence-electron chi connectivity index (χ2n) is 4.51. The molecule has 0 radical (unpaired) electrons. The fourth-order valence-corrected chi connectivity index (χ4v) is 1.51. The van der Waals surface area contributed by atoms with Crippen LogP contribution in [0.15, 0.2) is 24.3 Å². The third-order valence-electron chi connectivity index (χ3n) is 2.19. The topological polar surface area (TPSA) is 55.1 Å². The number of nitrogens with one attached hydrogen (secondary N) is 1. The lowest BCUT2D eigenvalue weighted by molar-refractivity contribution is 0.0943. The highest BCUT2D eigenvalue weighted by molar-refractivity contribution is 5.94. The van der Waals surface area contributed by atoms with E-state index in [4.69, 9.17) is 5.73 Å². The van der Waals surface area contributed by atoms with Crippen molar-refractivity contribution in [3.63, 3.8) is 0 Å². The molecule has 0 saturated carbocycles. The molecule has 3 heteroatoms. The minimum Gasteiger partial charge on any atom is -0.350 e. The van der Waals surface area contributed by atoms with Crippen molar-refractivity contribution in [2.24, 2.45) is 5.73 Å². The standard InChI is InChI=1S/C13H20N2O/c1-9(2)15-13(16)12-6-4-11(5-7-12)8-10(3)14/h4-7,9-10H,8,14H2,1-3H3,(H,15,16). The molecule has 0 aromatic heterocycles. The van der Waals surface area contributed by atoms with Gasteiger partial charge >= 0.3 is 0 Å². The van der Waals surface area contributed by atoms with Crippen LogP contribution in [0.2, 0.25) is 0 Å². The first kappa shape index (κ1) is 12.7. The van der Waals surface area contributed by atoms with E-state index in [1.165, 1.54) is 0 Å². The summed E-state index contributed by atoms with van der Waals surface area (Å²) < 4.78 is 0. The first-order chi connectivity index (χ1) is 7.49. The van der Waals surface area contributed by atoms with Crippen LogP contribution in [0.5, 0.6) is 0 Å². The summed E-state index contributed by atoms with van der Waals surface area (Å²) in [6.45, 7) is 5.87. The summed E-state index contributed by atoms with van der Waals surface area (Å²) in [5.41, 5.74) is 7.57. The normalized spacial score (nSPS) is 12.6. The summed E-state index contributed by atoms with van der Waals surface area (Å²) in [4.78, 5) is 11.7. The van der Waals surface area contributed by atoms with E-state index in [1.807, 2.05) is 45.0 Å². The van der Waals surface area contributed by atoms with Crippen molar-refractivity contribution in [3.05, 3.63) is 35.4 Å². The average Bonchev–Trinajstić information content (AvgIpc) is 2.16. The summed E-state index contributed by atoms with van der Waals surface area (Å²) in [6, 6.07) is 7.91. The monoisotopic (exact) mass is 220 g/mol. The van der Waals surface area contributed by atoms with E-state index < -0.39 is 0 Å². The zero-order chi connectivity index (χ0) is 12.1. The summed E-state index contributed by atoms with van der Waals surface area (Å²) >= 11 is 0. The average molecular weight is 220 g/mol. The molecule has 3 N–H and O–H groups in total. The lowest BCUT2D eigenvalue weighted by atomic mass is 10.1. The first-order valence-electron chi connectivity index (χ1n) is 5.64. The Balaban J connectivity index is 2.67. The molecule has 1 rings (SSSR count). The summed E-state index contributed by atoms with van der Waals surface area (Å²) in [5.74, 6) is -0.0256. The molecule has 16 heavy (non-hydrogen) atoms. The van der Waals surface area contributed by atoms with Crippen LogP contribution in [-0.4, -0.2) is 18.0 Å². The van der Waals surface area contributed by atoms with Crippen molar-refractivity contribution in [1.82, 2.24) is 5.32 Å². The second kappa shape index (κ2) is 5.66. The molecule has 1 unspecified atom stereocenters. The van der Waals surface area contributed by atoms with Gasteiger partial charge in [-0.25, -0.2) is 0 Å². The summed E-state index contributed by atoms with van der Waals surface area (Å²) in [6.07, 6.45) is 0.839. The van der Waals surface area contributed by atoms with Crippen LogP contribution in [0.25, 0.3) is 0 Å². The Morgan fingerprint density at radius 1 is 1.25 bits per heavy atom. The van der Waals surface area contributed by atoms with Crippen LogP contribution < -0.4 is 11.1 Å². The van der Waals surface area contributed by atoms with Gasteiger partial charge in [0.15, 0.2) is 0 Å². The lowest BCUT2D eigenvalue weighted by Gasteiger charge is -2.09. The molecule has 0 fully saturated rings. The Morgan fingerprint density at radius 3 is 2.25 bits per heavy atom. The van der Waals surface area contributed by atoms with Crippen LogP contribution in [0, 0.1) is 0 Å². The van der Waals surface area contributed by atoms with Gasteiger partial charge in [0.2, 0.25) is 0 Å². The van der Waals surface area contributed by atoms with E-state index in [-0.39, 0.29) is 18.0 Å². The van der Waals surface area contributed by atoms with Crippen LogP contribution in [-0.2, 0) is 6.42 Å². The van der Waals surface area contributed by atoms with Gasteiger partial charge in [0.25, 0.3) is 5.91 Å². The molecule has 0 heterocycles. The van der Waals surface area contributed by atoms with E-state index in [2.05, 4.69) is 5.32 Å². The summed E-state index contributed by atoms with van der Waals surface area (Å²) in [5, 5.41) is 2.86. The predicted octanol–water partition coefficient (Wildman–Crippen LogP) is 1.71. The highest BCUT2D eigenvalue weighted by Crippen LogP contribution is 2.06. The van der Waals surface area contributed by atoms with E-state index in [9.17, 15) is 4.79 Å². The molecule has 0 aliphatic carbocycles. The highest BCUT2D eigenvalue weighted by Gasteiger charge is 2.06. The number of nitrogens with two attached hydrogens (primary N) is 1. The van der Waals surface area contributed by atoms with Gasteiger partial charge in [0.1, 0.15) is 0 Å². The number of benzene rings is 1. The molecule has 88 valence electrons. The van der Waals surface area contributed by atoms with Crippen LogP contribution in [0.1, 0.15) is 36.7 Å². The zero-order valence-corrected chi connectivity index (χ0v) is 10.2. The Bertz CT molecular complexity index is 341. The van der Waals surface area contributed by atoms with Crippen LogP contribution >= 0.6 is 0 Å². The largest absolute Gasteiger partial charge is 0.350 e. The molecular weight excluding hydrogens is 200 g/mol. The third-order valence-corrected chi connectivity index (χ3v) is 2.19. The van der Waals surface area contributed by atoms with E-state index in [0.717, 1.165) is 12.0 Å². The molecule has 3 nitrogen and oxygen atoms in total. The smallest absolute Gasteiger partial charge is 0.251 e. The van der Waals surface area contributed by atoms with E-state index >= 15 is 0 Å². The van der Waals surface area contributed by atoms with Gasteiger partial charge in [0.05, 0.1) is 0 Å². The van der Waals surface area contributed by atoms with Crippen molar-refractivity contribution in [3.8, 4) is 0 Å². The highest BCUT2D eigenvalue weighted by atomic mass is 16.1. The van der Waals surface area contributed by atoms with Gasteiger partial charge in [-0.3, -0.25) is 4.79 Å². The molecule has 0 aliphatic heterocycles. The Labute approximate surface area is 97.0 Å². The number of carbonyl (C=O) groups is 1. The minimum absolute atomic E-state index is 0.0256. The maximum atomic E-state index is 11.7. The van der Waals surface area contributed by atoms with Crippen molar-refractivity contribution < 1.29 is 4.79 Å². The number of amides is 1. The molecule has 1 aromatic carbocycles. The predicted molar refractivity (Wildman–Crippen MR) is 66.4 cm³/mol. The molecular formula is C13H20N2O. The number of hydrogen-bond acceptors (Lipinski definition) is 2. The Kier molecular flexibility index (Phi) is 4.50. The lowest BCUT2D eigenvalue weighted by Crippen LogP contribution is -2.30. The molecule has 1 atom stereocenters. The molecule has 0 spiro atoms. The van der Waals surface area contributed by atoms with Crippen molar-refractivity contribution in [1.29, 1.82) is 0 Å². The quantitative estimate of drug-likeness (QED) is 0.811. The van der Waals surface area contributed by atoms with Crippen molar-refractivity contribution in [2.75, 3.05) is 0 Å². The third kappa shape index (κ3) is 4.03. The van der Waals surface area contributed by atoms with E-state index in [1.54, 1.807) is 0 Å². The van der Waals surface area contributed by atoms with Crippen molar-refractivity contribution >= 4 is 5.91 Å². The van der Waals surface area contributed by atoms with Crippen LogP contribution in [0.4, 0.5) is 0 Å². The molecule has 0 saturated heterocycles. The van der Waals surface area contributed by atoms with Crippen LogP contribution in [0.3, 0.4) is 0 Å². The van der Waals surface area contributed by atoms with Gasteiger partial charge in [0, 0.05) is 17.6 Å². The molecule has 1 amide bonds. The zero-order valence-electron chi connectivity index (χ0n) is 10.2. The van der Waals surface area contributed by atoms with Gasteiger partial charge < -0.3 is 11.1 Å². The molecule has 0 bridgehead atoms. The van der Waals surface area contributed by atoms with Gasteiger partial charge in [-0.2, -0.15) is 0 Å². The fraction of sp³-hybridized carbons (Fsp3) is 0.462. The SMILES string of the molecule is CC(N)Cc1ccc(C(=O)NC(C)C)cc1. The Morgan fingerprint density at radius 2 is 1.81 bits per heavy atom. The summed E-state index contributed by atoms with van der Waals surface area (Å²) in [7, 11) is 0. The van der Waals surface area contributed by atoms with E-state index in [0.29, 0.717) is 5.56 Å². The van der Waals surface area contributed by atoms with Gasteiger partial charge in [-0.05, 0) is 44.9 Å². The number of rotatable bonds is 4. The van der Waals surface area contributed by atoms with Gasteiger partial charge in [-0.15, -0.1) is 0 Å². The minimum atomic E-state index is -0.0256. The van der Waals surface area contributed by atoms with Crippen molar-refractivity contribution in [2.45, 2.75) is 39.3 Å². The first-order valence-corrected chi connectivity index (χ1v) is 5.64. The Hall–Kier alpha value is -1.35. The maximum Gasteiger partial charge on any atom is 0.251 e. The number of carbonyl (C=O) groups excluding carboxylic acids is 1. The molecule has 0 aliphatic rings. The molecule has 1 aromatic rings.